The van der Waals surface area contributed by atoms with Crippen LogP contribution in [-0.4, -0.2) is 112 Å². The maximum Gasteiger partial charge on any atom is 0.275 e. The molecule has 7 aliphatic rings. The largest absolute Gasteiger partial charge is 0.364 e. The standard InChI is InChI=1S/C38H40N8O4/c47-35-31-29-23-8-4-6-10-25(23)39-27(29)12-2-1-3-13-28-30(24-9-5-7-11-26(24)40-28)32-34(38(50)42-36(32)48)46-20-16-44(17-21-46)22-43-14-18-45(19-15-43)33(31)37(49)41-35/h4-11,39-40H,1-3,12-22H2,(H,41,47,49)(H,42,48,50). The number of aromatic nitrogens is 2. The smallest absolute Gasteiger partial charge is 0.275 e. The highest BCUT2D eigenvalue weighted by molar-refractivity contribution is 6.38. The number of aryl methyl sites for hydroxylation is 2. The molecule has 11 rings (SSSR count). The van der Waals surface area contributed by atoms with Crippen LogP contribution < -0.4 is 10.6 Å². The molecule has 12 heteroatoms. The Hall–Kier alpha value is -5.20. The molecule has 4 N–H and O–H groups in total. The average Bonchev–Trinajstić information content (AvgIpc) is 3.83. The molecule has 50 heavy (non-hydrogen) atoms. The zero-order chi connectivity index (χ0) is 33.9. The van der Waals surface area contributed by atoms with Crippen LogP contribution in [0.1, 0.15) is 41.8 Å². The van der Waals surface area contributed by atoms with E-state index in [1.165, 1.54) is 0 Å². The fraction of sp³-hybridized carbons (Fsp3) is 0.368. The number of carbonyl (C=O) groups is 4. The van der Waals surface area contributed by atoms with Crippen molar-refractivity contribution in [2.75, 3.05) is 59.0 Å². The Kier molecular flexibility index (Phi) is 7.58. The number of carbonyl (C=O) groups excluding carboxylic acids is 4. The van der Waals surface area contributed by atoms with E-state index in [0.29, 0.717) is 61.6 Å². The predicted octanol–water partition coefficient (Wildman–Crippen LogP) is 2.55. The zero-order valence-corrected chi connectivity index (χ0v) is 27.9. The van der Waals surface area contributed by atoms with E-state index >= 15 is 0 Å². The summed E-state index contributed by atoms with van der Waals surface area (Å²) in [4.78, 5) is 70.0. The number of hydrogen-bond acceptors (Lipinski definition) is 8. The third-order valence-corrected chi connectivity index (χ3v) is 11.0. The SMILES string of the molecule is O=C1NC(=O)C2=C1c1c([nH]c3ccccc13)CCCCCc1[nH]c3ccccc3c1C1=C(C(=O)NC1=O)N1CCN(CC1)CN1CCN2CC1. The van der Waals surface area contributed by atoms with E-state index in [4.69, 9.17) is 0 Å². The minimum absolute atomic E-state index is 0.322. The molecule has 0 saturated carbocycles. The third kappa shape index (κ3) is 5.12. The van der Waals surface area contributed by atoms with Gasteiger partial charge in [0.25, 0.3) is 23.6 Å². The lowest BCUT2D eigenvalue weighted by atomic mass is 9.96. The molecule has 12 nitrogen and oxygen atoms in total. The van der Waals surface area contributed by atoms with Crippen LogP contribution in [0.25, 0.3) is 33.0 Å². The first kappa shape index (κ1) is 30.8. The van der Waals surface area contributed by atoms with E-state index < -0.39 is 0 Å². The predicted molar refractivity (Wildman–Crippen MR) is 189 cm³/mol. The van der Waals surface area contributed by atoms with Gasteiger partial charge in [-0.2, -0.15) is 0 Å². The summed E-state index contributed by atoms with van der Waals surface area (Å²) in [5.41, 5.74) is 7.40. The van der Waals surface area contributed by atoms with Crippen molar-refractivity contribution in [3.05, 3.63) is 82.4 Å². The molecule has 2 aromatic carbocycles. The van der Waals surface area contributed by atoms with Crippen LogP contribution in [0, 0.1) is 0 Å². The summed E-state index contributed by atoms with van der Waals surface area (Å²) in [5.74, 6) is -1.31. The van der Waals surface area contributed by atoms with Gasteiger partial charge in [0.05, 0.1) is 17.8 Å². The Morgan fingerprint density at radius 3 is 1.34 bits per heavy atom. The first-order chi connectivity index (χ1) is 24.4. The van der Waals surface area contributed by atoms with Crippen LogP contribution in [-0.2, 0) is 32.0 Å². The molecule has 0 unspecified atom stereocenters. The van der Waals surface area contributed by atoms with Gasteiger partial charge in [-0.1, -0.05) is 42.8 Å². The Bertz CT molecular complexity index is 1990. The van der Waals surface area contributed by atoms with Crippen LogP contribution in [0.2, 0.25) is 0 Å². The number of para-hydroxylation sites is 2. The van der Waals surface area contributed by atoms with Crippen molar-refractivity contribution in [3.63, 3.8) is 0 Å². The lowest BCUT2D eigenvalue weighted by Gasteiger charge is -2.41. The van der Waals surface area contributed by atoms with Crippen molar-refractivity contribution in [2.45, 2.75) is 32.1 Å². The minimum atomic E-state index is -0.333. The number of nitrogens with zero attached hydrogens (tertiary/aromatic N) is 4. The van der Waals surface area contributed by atoms with Crippen molar-refractivity contribution in [3.8, 4) is 0 Å². The molecular formula is C38H40N8O4. The number of hydrogen-bond donors (Lipinski definition) is 4. The highest BCUT2D eigenvalue weighted by Crippen LogP contribution is 2.38. The number of H-pyrrole nitrogens is 2. The van der Waals surface area contributed by atoms with Gasteiger partial charge in [0.15, 0.2) is 0 Å². The second-order valence-electron chi connectivity index (χ2n) is 14.0. The zero-order valence-electron chi connectivity index (χ0n) is 27.9. The van der Waals surface area contributed by atoms with Crippen molar-refractivity contribution < 1.29 is 19.2 Å². The summed E-state index contributed by atoms with van der Waals surface area (Å²) in [6.07, 6.45) is 4.06. The Balaban J connectivity index is 1.10. The topological polar surface area (TPSA) is 137 Å². The molecule has 0 spiro atoms. The van der Waals surface area contributed by atoms with Gasteiger partial charge in [-0.3, -0.25) is 39.6 Å². The average molecular weight is 673 g/mol. The van der Waals surface area contributed by atoms with Crippen LogP contribution in [0.5, 0.6) is 0 Å². The van der Waals surface area contributed by atoms with Gasteiger partial charge < -0.3 is 19.8 Å². The van der Waals surface area contributed by atoms with Crippen LogP contribution in [0.15, 0.2) is 59.9 Å². The van der Waals surface area contributed by atoms with Gasteiger partial charge in [-0.15, -0.1) is 0 Å². The van der Waals surface area contributed by atoms with E-state index in [0.717, 1.165) is 96.4 Å². The summed E-state index contributed by atoms with van der Waals surface area (Å²) in [7, 11) is 0. The van der Waals surface area contributed by atoms with Gasteiger partial charge in [-0.25, -0.2) is 0 Å². The van der Waals surface area contributed by atoms with Gasteiger partial charge in [0.2, 0.25) is 0 Å². The summed E-state index contributed by atoms with van der Waals surface area (Å²) < 4.78 is 0. The minimum Gasteiger partial charge on any atom is -0.364 e. The normalized spacial score (nSPS) is 23.5. The number of nitrogens with one attached hydrogen (secondary N) is 4. The molecule has 4 amide bonds. The fourth-order valence-electron chi connectivity index (χ4n) is 8.59. The Morgan fingerprint density at radius 1 is 0.480 bits per heavy atom. The first-order valence-electron chi connectivity index (χ1n) is 17.8. The first-order valence-corrected chi connectivity index (χ1v) is 17.8. The second-order valence-corrected chi connectivity index (χ2v) is 14.0. The number of fused-ring (bicyclic) bond motifs is 4. The molecule has 7 aliphatic heterocycles. The van der Waals surface area contributed by atoms with Gasteiger partial charge in [0.1, 0.15) is 11.4 Å². The number of amides is 4. The van der Waals surface area contributed by atoms with E-state index in [9.17, 15) is 19.2 Å². The quantitative estimate of drug-likeness (QED) is 0.210. The third-order valence-electron chi connectivity index (χ3n) is 11.0. The van der Waals surface area contributed by atoms with Crippen LogP contribution in [0.3, 0.4) is 0 Å². The monoisotopic (exact) mass is 672 g/mol. The molecule has 2 fully saturated rings. The molecule has 4 bridgehead atoms. The molecule has 9 heterocycles. The van der Waals surface area contributed by atoms with E-state index in [-0.39, 0.29) is 23.6 Å². The van der Waals surface area contributed by atoms with E-state index in [1.54, 1.807) is 0 Å². The number of aromatic amines is 2. The van der Waals surface area contributed by atoms with Crippen molar-refractivity contribution in [2.24, 2.45) is 0 Å². The molecular weight excluding hydrogens is 632 g/mol. The molecule has 2 aromatic heterocycles. The Labute approximate surface area is 289 Å². The van der Waals surface area contributed by atoms with Crippen LogP contribution in [0.4, 0.5) is 0 Å². The molecule has 256 valence electrons. The summed E-state index contributed by atoms with van der Waals surface area (Å²) in [5, 5.41) is 7.14. The lowest BCUT2D eigenvalue weighted by molar-refractivity contribution is -0.125. The molecule has 4 aromatic rings. The van der Waals surface area contributed by atoms with Gasteiger partial charge in [-0.05, 0) is 37.8 Å². The summed E-state index contributed by atoms with van der Waals surface area (Å²) >= 11 is 0. The molecule has 0 aliphatic carbocycles. The molecule has 0 radical (unpaired) electrons. The number of imide groups is 2. The van der Waals surface area contributed by atoms with Crippen molar-refractivity contribution in [1.29, 1.82) is 0 Å². The number of rotatable bonds is 0. The highest BCUT2D eigenvalue weighted by atomic mass is 16.2. The highest BCUT2D eigenvalue weighted by Gasteiger charge is 2.40. The summed E-state index contributed by atoms with van der Waals surface area (Å²) in [6.45, 7) is 6.37. The van der Waals surface area contributed by atoms with Crippen LogP contribution >= 0.6 is 0 Å². The number of benzene rings is 2. The van der Waals surface area contributed by atoms with Gasteiger partial charge in [0, 0.05) is 96.7 Å². The molecule has 2 saturated heterocycles. The summed E-state index contributed by atoms with van der Waals surface area (Å²) in [6, 6.07) is 16.0. The Morgan fingerprint density at radius 2 is 0.900 bits per heavy atom. The van der Waals surface area contributed by atoms with Gasteiger partial charge >= 0.3 is 0 Å². The van der Waals surface area contributed by atoms with Crippen molar-refractivity contribution in [1.82, 2.24) is 40.2 Å². The number of piperazine rings is 2. The van der Waals surface area contributed by atoms with E-state index in [1.807, 2.05) is 48.5 Å². The fourth-order valence-corrected chi connectivity index (χ4v) is 8.59. The lowest BCUT2D eigenvalue weighted by Crippen LogP contribution is -2.54. The maximum absolute atomic E-state index is 13.5. The second kappa shape index (κ2) is 12.3. The van der Waals surface area contributed by atoms with Crippen molar-refractivity contribution >= 4 is 56.6 Å². The maximum atomic E-state index is 13.5. The molecule has 0 atom stereocenters. The van der Waals surface area contributed by atoms with E-state index in [2.05, 4.69) is 40.2 Å².